The molecule has 1 saturated heterocycles. The second-order valence-electron chi connectivity index (χ2n) is 3.87. The van der Waals surface area contributed by atoms with Gasteiger partial charge in [0.1, 0.15) is 5.75 Å². The van der Waals surface area contributed by atoms with Crippen LogP contribution in [0, 0.1) is 0 Å². The molecule has 5 nitrogen and oxygen atoms in total. The van der Waals surface area contributed by atoms with Crippen LogP contribution in [0.15, 0.2) is 18.2 Å². The highest BCUT2D eigenvalue weighted by atomic mass is 35.5. The van der Waals surface area contributed by atoms with Crippen molar-refractivity contribution in [2.24, 2.45) is 0 Å². The first-order chi connectivity index (χ1) is 7.99. The summed E-state index contributed by atoms with van der Waals surface area (Å²) in [5.74, 6) is -0.142. The molecule has 0 amide bonds. The van der Waals surface area contributed by atoms with Crippen molar-refractivity contribution < 1.29 is 13.5 Å². The highest BCUT2D eigenvalue weighted by Gasteiger charge is 2.25. The van der Waals surface area contributed by atoms with Crippen molar-refractivity contribution in [3.05, 3.63) is 23.2 Å². The van der Waals surface area contributed by atoms with E-state index in [1.165, 1.54) is 22.5 Å². The number of hydrogen-bond acceptors (Lipinski definition) is 3. The van der Waals surface area contributed by atoms with E-state index in [1.54, 1.807) is 0 Å². The van der Waals surface area contributed by atoms with Crippen LogP contribution >= 0.6 is 11.6 Å². The molecule has 0 aromatic heterocycles. The van der Waals surface area contributed by atoms with Gasteiger partial charge in [0.05, 0.1) is 5.69 Å². The molecule has 1 aliphatic heterocycles. The zero-order valence-electron chi connectivity index (χ0n) is 9.06. The Balaban J connectivity index is 2.22. The molecule has 1 aliphatic rings. The highest BCUT2D eigenvalue weighted by molar-refractivity contribution is 7.90. The largest absolute Gasteiger partial charge is 0.506 e. The van der Waals surface area contributed by atoms with Gasteiger partial charge >= 0.3 is 10.2 Å². The minimum atomic E-state index is -3.59. The standard InChI is InChI=1S/C10H13ClN2O3S/c11-8-3-4-10(14)9(7-8)12-17(15,16)13-5-1-2-6-13/h3-4,7,12,14H,1-2,5-6H2. The van der Waals surface area contributed by atoms with Crippen molar-refractivity contribution >= 4 is 27.5 Å². The molecular weight excluding hydrogens is 264 g/mol. The van der Waals surface area contributed by atoms with Gasteiger partial charge in [0.25, 0.3) is 0 Å². The molecule has 17 heavy (non-hydrogen) atoms. The lowest BCUT2D eigenvalue weighted by Crippen LogP contribution is -2.33. The summed E-state index contributed by atoms with van der Waals surface area (Å²) in [4.78, 5) is 0. The van der Waals surface area contributed by atoms with Crippen molar-refractivity contribution in [3.8, 4) is 5.75 Å². The Kier molecular flexibility index (Phi) is 3.46. The third kappa shape index (κ3) is 2.83. The molecule has 0 bridgehead atoms. The third-order valence-electron chi connectivity index (χ3n) is 2.60. The smallest absolute Gasteiger partial charge is 0.301 e. The molecule has 2 N–H and O–H groups in total. The average molecular weight is 277 g/mol. The molecule has 0 saturated carbocycles. The Labute approximate surface area is 105 Å². The SMILES string of the molecule is O=S(=O)(Nc1cc(Cl)ccc1O)N1CCCC1. The van der Waals surface area contributed by atoms with Gasteiger partial charge in [-0.05, 0) is 31.0 Å². The van der Waals surface area contributed by atoms with Crippen LogP contribution in [0.1, 0.15) is 12.8 Å². The van der Waals surface area contributed by atoms with Gasteiger partial charge in [0, 0.05) is 18.1 Å². The molecule has 0 radical (unpaired) electrons. The Morgan fingerprint density at radius 3 is 2.59 bits per heavy atom. The van der Waals surface area contributed by atoms with E-state index >= 15 is 0 Å². The van der Waals surface area contributed by atoms with Gasteiger partial charge < -0.3 is 5.11 Å². The lowest BCUT2D eigenvalue weighted by molar-refractivity contribution is 0.472. The van der Waals surface area contributed by atoms with Crippen molar-refractivity contribution in [1.29, 1.82) is 0 Å². The van der Waals surface area contributed by atoms with Crippen molar-refractivity contribution in [2.45, 2.75) is 12.8 Å². The molecule has 1 fully saturated rings. The monoisotopic (exact) mass is 276 g/mol. The van der Waals surface area contributed by atoms with Gasteiger partial charge in [-0.15, -0.1) is 0 Å². The first kappa shape index (κ1) is 12.5. The van der Waals surface area contributed by atoms with Gasteiger partial charge in [-0.1, -0.05) is 11.6 Å². The van der Waals surface area contributed by atoms with E-state index in [1.807, 2.05) is 0 Å². The lowest BCUT2D eigenvalue weighted by atomic mass is 10.3. The van der Waals surface area contributed by atoms with Crippen molar-refractivity contribution in [1.82, 2.24) is 4.31 Å². The van der Waals surface area contributed by atoms with Crippen molar-refractivity contribution in [2.75, 3.05) is 17.8 Å². The van der Waals surface area contributed by atoms with Crippen LogP contribution in [0.5, 0.6) is 5.75 Å². The Morgan fingerprint density at radius 1 is 1.29 bits per heavy atom. The maximum absolute atomic E-state index is 11.9. The fourth-order valence-electron chi connectivity index (χ4n) is 1.72. The number of phenols is 1. The van der Waals surface area contributed by atoms with E-state index in [2.05, 4.69) is 4.72 Å². The molecule has 94 valence electrons. The number of anilines is 1. The molecule has 1 heterocycles. The summed E-state index contributed by atoms with van der Waals surface area (Å²) in [7, 11) is -3.59. The number of hydrogen-bond donors (Lipinski definition) is 2. The van der Waals surface area contributed by atoms with Gasteiger partial charge in [-0.2, -0.15) is 12.7 Å². The maximum atomic E-state index is 11.9. The molecule has 1 aromatic rings. The average Bonchev–Trinajstić information content (AvgIpc) is 2.77. The molecule has 0 atom stereocenters. The van der Waals surface area contributed by atoms with E-state index in [0.29, 0.717) is 18.1 Å². The number of benzene rings is 1. The number of halogens is 1. The quantitative estimate of drug-likeness (QED) is 0.827. The summed E-state index contributed by atoms with van der Waals surface area (Å²) in [6.45, 7) is 1.02. The summed E-state index contributed by atoms with van der Waals surface area (Å²) in [5, 5.41) is 9.90. The molecule has 1 aromatic carbocycles. The van der Waals surface area contributed by atoms with Crippen LogP contribution in [0.2, 0.25) is 5.02 Å². The van der Waals surface area contributed by atoms with Crippen LogP contribution in [-0.2, 0) is 10.2 Å². The first-order valence-corrected chi connectivity index (χ1v) is 7.07. The van der Waals surface area contributed by atoms with E-state index in [-0.39, 0.29) is 11.4 Å². The molecule has 0 aliphatic carbocycles. The first-order valence-electron chi connectivity index (χ1n) is 5.25. The van der Waals surface area contributed by atoms with E-state index in [9.17, 15) is 13.5 Å². The van der Waals surface area contributed by atoms with Gasteiger partial charge in [-0.3, -0.25) is 4.72 Å². The fourth-order valence-corrected chi connectivity index (χ4v) is 3.20. The summed E-state index contributed by atoms with van der Waals surface area (Å²) in [6, 6.07) is 4.22. The maximum Gasteiger partial charge on any atom is 0.301 e. The Hall–Kier alpha value is -0.980. The van der Waals surface area contributed by atoms with Crippen LogP contribution in [-0.4, -0.2) is 30.9 Å². The molecule has 0 spiro atoms. The normalized spacial score (nSPS) is 17.2. The minimum Gasteiger partial charge on any atom is -0.506 e. The predicted molar refractivity (Wildman–Crippen MR) is 66.5 cm³/mol. The highest BCUT2D eigenvalue weighted by Crippen LogP contribution is 2.28. The zero-order valence-corrected chi connectivity index (χ0v) is 10.6. The van der Waals surface area contributed by atoms with Crippen LogP contribution in [0.25, 0.3) is 0 Å². The second kappa shape index (κ2) is 4.72. The van der Waals surface area contributed by atoms with Crippen LogP contribution in [0.4, 0.5) is 5.69 Å². The Morgan fingerprint density at radius 2 is 1.94 bits per heavy atom. The lowest BCUT2D eigenvalue weighted by Gasteiger charge is -2.17. The third-order valence-corrected chi connectivity index (χ3v) is 4.36. The number of phenolic OH excluding ortho intramolecular Hbond substituents is 1. The summed E-state index contributed by atoms with van der Waals surface area (Å²) in [5.41, 5.74) is 0.101. The van der Waals surface area contributed by atoms with Crippen LogP contribution < -0.4 is 4.72 Å². The molecule has 0 unspecified atom stereocenters. The van der Waals surface area contributed by atoms with Crippen molar-refractivity contribution in [3.63, 3.8) is 0 Å². The van der Waals surface area contributed by atoms with E-state index < -0.39 is 10.2 Å². The number of rotatable bonds is 3. The topological polar surface area (TPSA) is 69.6 Å². The Bertz CT molecular complexity index is 512. The molecular formula is C10H13ClN2O3S. The van der Waals surface area contributed by atoms with E-state index in [0.717, 1.165) is 12.8 Å². The number of aromatic hydroxyl groups is 1. The number of nitrogens with one attached hydrogen (secondary N) is 1. The summed E-state index contributed by atoms with van der Waals surface area (Å²) < 4.78 is 27.5. The minimum absolute atomic E-state index is 0.101. The number of nitrogens with zero attached hydrogens (tertiary/aromatic N) is 1. The van der Waals surface area contributed by atoms with Gasteiger partial charge in [0.2, 0.25) is 0 Å². The second-order valence-corrected chi connectivity index (χ2v) is 5.98. The fraction of sp³-hybridized carbons (Fsp3) is 0.400. The van der Waals surface area contributed by atoms with E-state index in [4.69, 9.17) is 11.6 Å². The zero-order chi connectivity index (χ0) is 12.5. The summed E-state index contributed by atoms with van der Waals surface area (Å²) >= 11 is 5.75. The molecule has 2 rings (SSSR count). The van der Waals surface area contributed by atoms with Gasteiger partial charge in [-0.25, -0.2) is 0 Å². The molecule has 7 heteroatoms. The predicted octanol–water partition coefficient (Wildman–Crippen LogP) is 1.80. The van der Waals surface area contributed by atoms with Gasteiger partial charge in [0.15, 0.2) is 0 Å². The summed E-state index contributed by atoms with van der Waals surface area (Å²) in [6.07, 6.45) is 1.73. The van der Waals surface area contributed by atoms with Crippen LogP contribution in [0.3, 0.4) is 0 Å².